The van der Waals surface area contributed by atoms with Crippen LogP contribution in [0.1, 0.15) is 0 Å². The number of nitrogens with two attached hydrogens (primary N) is 1. The lowest BCUT2D eigenvalue weighted by Crippen LogP contribution is -1.96. The molecule has 0 bridgehead atoms. The Morgan fingerprint density at radius 3 is 2.92 bits per heavy atom. The summed E-state index contributed by atoms with van der Waals surface area (Å²) >= 11 is 1.42. The van der Waals surface area contributed by atoms with Gasteiger partial charge in [-0.15, -0.1) is 11.8 Å². The first-order chi connectivity index (χ1) is 5.77. The number of anilines is 1. The van der Waals surface area contributed by atoms with Crippen LogP contribution in [0.3, 0.4) is 0 Å². The normalized spacial score (nSPS) is 9.92. The van der Waals surface area contributed by atoms with Gasteiger partial charge in [0.2, 0.25) is 0 Å². The number of rotatable bonds is 3. The number of hydrogen-bond acceptors (Lipinski definition) is 3. The van der Waals surface area contributed by atoms with Gasteiger partial charge in [-0.3, -0.25) is 0 Å². The summed E-state index contributed by atoms with van der Waals surface area (Å²) in [5.74, 6) is 0.225. The van der Waals surface area contributed by atoms with E-state index < -0.39 is 0 Å². The van der Waals surface area contributed by atoms with Gasteiger partial charge in [0.15, 0.2) is 0 Å². The minimum Gasteiger partial charge on any atom is -0.387 e. The molecule has 1 aromatic rings. The lowest BCUT2D eigenvalue weighted by molar-refractivity contribution is 0.624. The highest BCUT2D eigenvalue weighted by atomic mass is 32.2. The van der Waals surface area contributed by atoms with Gasteiger partial charge in [0.25, 0.3) is 0 Å². The number of thioether (sulfide) groups is 1. The Balaban J connectivity index is 2.95. The Kier molecular flexibility index (Phi) is 3.37. The molecule has 0 aliphatic carbocycles. The summed E-state index contributed by atoms with van der Waals surface area (Å²) in [6.07, 6.45) is 0. The Bertz CT molecular complexity index is 265. The summed E-state index contributed by atoms with van der Waals surface area (Å²) < 4.78 is 12.7. The van der Waals surface area contributed by atoms with Crippen molar-refractivity contribution >= 4 is 17.4 Å². The van der Waals surface area contributed by atoms with Crippen molar-refractivity contribution in [3.05, 3.63) is 24.0 Å². The maximum atomic E-state index is 12.7. The van der Waals surface area contributed by atoms with Crippen molar-refractivity contribution in [3.63, 3.8) is 0 Å². The zero-order valence-electron chi connectivity index (χ0n) is 6.80. The van der Waals surface area contributed by atoms with Crippen LogP contribution in [0.2, 0.25) is 0 Å². The van der Waals surface area contributed by atoms with E-state index in [1.165, 1.54) is 23.9 Å². The van der Waals surface area contributed by atoms with Gasteiger partial charge in [-0.1, -0.05) is 0 Å². The molecule has 4 heteroatoms. The fourth-order valence-corrected chi connectivity index (χ4v) is 1.61. The van der Waals surface area contributed by atoms with E-state index in [0.717, 1.165) is 10.6 Å². The monoisotopic (exact) mass is 186 g/mol. The largest absolute Gasteiger partial charge is 0.387 e. The zero-order valence-corrected chi connectivity index (χ0v) is 7.62. The van der Waals surface area contributed by atoms with Crippen LogP contribution < -0.4 is 11.1 Å². The number of halogens is 1. The Morgan fingerprint density at radius 2 is 2.33 bits per heavy atom. The Labute approximate surface area is 75.3 Å². The van der Waals surface area contributed by atoms with E-state index in [9.17, 15) is 4.39 Å². The first-order valence-corrected chi connectivity index (χ1v) is 4.56. The summed E-state index contributed by atoms with van der Waals surface area (Å²) in [7, 11) is 1.80. The lowest BCUT2D eigenvalue weighted by Gasteiger charge is -2.06. The van der Waals surface area contributed by atoms with E-state index in [-0.39, 0.29) is 5.82 Å². The molecule has 0 heterocycles. The van der Waals surface area contributed by atoms with E-state index in [1.54, 1.807) is 13.1 Å². The van der Waals surface area contributed by atoms with Crippen molar-refractivity contribution in [2.75, 3.05) is 18.2 Å². The summed E-state index contributed by atoms with van der Waals surface area (Å²) in [6.45, 7) is 0. The van der Waals surface area contributed by atoms with Crippen molar-refractivity contribution in [1.82, 2.24) is 0 Å². The van der Waals surface area contributed by atoms with Crippen LogP contribution in [0.15, 0.2) is 23.1 Å². The van der Waals surface area contributed by atoms with E-state index in [4.69, 9.17) is 5.73 Å². The molecule has 3 N–H and O–H groups in total. The van der Waals surface area contributed by atoms with Gasteiger partial charge < -0.3 is 11.1 Å². The molecule has 0 amide bonds. The van der Waals surface area contributed by atoms with Crippen molar-refractivity contribution in [1.29, 1.82) is 0 Å². The summed E-state index contributed by atoms with van der Waals surface area (Å²) in [5.41, 5.74) is 6.26. The molecule has 0 unspecified atom stereocenters. The highest BCUT2D eigenvalue weighted by molar-refractivity contribution is 7.99. The molecule has 0 atom stereocenters. The van der Waals surface area contributed by atoms with E-state index in [0.29, 0.717) is 5.88 Å². The first kappa shape index (κ1) is 9.35. The van der Waals surface area contributed by atoms with Gasteiger partial charge in [-0.05, 0) is 18.2 Å². The molecule has 0 radical (unpaired) electrons. The molecular formula is C8H11FN2S. The fraction of sp³-hybridized carbons (Fsp3) is 0.250. The van der Waals surface area contributed by atoms with E-state index >= 15 is 0 Å². The third kappa shape index (κ3) is 2.12. The number of nitrogens with one attached hydrogen (secondary N) is 1. The fourth-order valence-electron chi connectivity index (χ4n) is 0.912. The van der Waals surface area contributed by atoms with Crippen molar-refractivity contribution < 1.29 is 4.39 Å². The van der Waals surface area contributed by atoms with Crippen LogP contribution in [-0.4, -0.2) is 12.9 Å². The highest BCUT2D eigenvalue weighted by Crippen LogP contribution is 2.26. The highest BCUT2D eigenvalue weighted by Gasteiger charge is 2.01. The molecule has 0 saturated carbocycles. The number of benzene rings is 1. The second-order valence-electron chi connectivity index (χ2n) is 2.20. The van der Waals surface area contributed by atoms with E-state index in [1.807, 2.05) is 0 Å². The Hall–Kier alpha value is -0.740. The molecule has 0 aromatic heterocycles. The standard InChI is InChI=1S/C8H11FN2S/c1-11-7-3-2-6(9)4-8(7)12-5-10/h2-4,11H,5,10H2,1H3. The molecular weight excluding hydrogens is 175 g/mol. The van der Waals surface area contributed by atoms with Crippen LogP contribution in [-0.2, 0) is 0 Å². The van der Waals surface area contributed by atoms with Gasteiger partial charge in [0.05, 0.1) is 0 Å². The SMILES string of the molecule is CNc1ccc(F)cc1SCN. The first-order valence-electron chi connectivity index (χ1n) is 3.58. The van der Waals surface area contributed by atoms with Crippen LogP contribution in [0.25, 0.3) is 0 Å². The van der Waals surface area contributed by atoms with Gasteiger partial charge in [-0.2, -0.15) is 0 Å². The maximum Gasteiger partial charge on any atom is 0.124 e. The van der Waals surface area contributed by atoms with Gasteiger partial charge in [0, 0.05) is 23.5 Å². The molecule has 0 saturated heterocycles. The van der Waals surface area contributed by atoms with Gasteiger partial charge >= 0.3 is 0 Å². The van der Waals surface area contributed by atoms with Crippen molar-refractivity contribution in [2.24, 2.45) is 5.73 Å². The van der Waals surface area contributed by atoms with Crippen LogP contribution in [0.5, 0.6) is 0 Å². The van der Waals surface area contributed by atoms with Crippen LogP contribution >= 0.6 is 11.8 Å². The average molecular weight is 186 g/mol. The zero-order chi connectivity index (χ0) is 8.97. The molecule has 0 aliphatic heterocycles. The van der Waals surface area contributed by atoms with Gasteiger partial charge in [0.1, 0.15) is 5.82 Å². The van der Waals surface area contributed by atoms with Crippen molar-refractivity contribution in [2.45, 2.75) is 4.90 Å². The second kappa shape index (κ2) is 4.33. The summed E-state index contributed by atoms with van der Waals surface area (Å²) in [4.78, 5) is 0.847. The topological polar surface area (TPSA) is 38.0 Å². The third-order valence-corrected chi connectivity index (χ3v) is 2.27. The Morgan fingerprint density at radius 1 is 1.58 bits per heavy atom. The second-order valence-corrected chi connectivity index (χ2v) is 3.26. The minimum atomic E-state index is -0.232. The summed E-state index contributed by atoms with van der Waals surface area (Å²) in [5, 5.41) is 2.96. The predicted molar refractivity (Wildman–Crippen MR) is 50.9 cm³/mol. The molecule has 1 rings (SSSR count). The molecule has 12 heavy (non-hydrogen) atoms. The van der Waals surface area contributed by atoms with Crippen molar-refractivity contribution in [3.8, 4) is 0 Å². The minimum absolute atomic E-state index is 0.232. The average Bonchev–Trinajstić information content (AvgIpc) is 2.05. The smallest absolute Gasteiger partial charge is 0.124 e. The molecule has 66 valence electrons. The predicted octanol–water partition coefficient (Wildman–Crippen LogP) is 1.88. The number of hydrogen-bond donors (Lipinski definition) is 2. The maximum absolute atomic E-state index is 12.7. The lowest BCUT2D eigenvalue weighted by atomic mass is 10.3. The third-order valence-electron chi connectivity index (χ3n) is 1.45. The molecule has 1 aromatic carbocycles. The van der Waals surface area contributed by atoms with Gasteiger partial charge in [-0.25, -0.2) is 4.39 Å². The molecule has 2 nitrogen and oxygen atoms in total. The quantitative estimate of drug-likeness (QED) is 0.559. The van der Waals surface area contributed by atoms with Crippen LogP contribution in [0.4, 0.5) is 10.1 Å². The molecule has 0 fully saturated rings. The summed E-state index contributed by atoms with van der Waals surface area (Å²) in [6, 6.07) is 4.60. The van der Waals surface area contributed by atoms with E-state index in [2.05, 4.69) is 5.32 Å². The molecule has 0 spiro atoms. The molecule has 0 aliphatic rings. The van der Waals surface area contributed by atoms with Crippen LogP contribution in [0, 0.1) is 5.82 Å².